The molecule has 2 aromatic rings. The number of carbonyl (C=O) groups is 1. The first-order chi connectivity index (χ1) is 10.6. The van der Waals surface area contributed by atoms with Crippen LogP contribution in [-0.4, -0.2) is 28.1 Å². The largest absolute Gasteiger partial charge is 0.394 e. The molecule has 22 heavy (non-hydrogen) atoms. The smallest absolute Gasteiger partial charge is 0.220 e. The fourth-order valence-electron chi connectivity index (χ4n) is 2.80. The molecule has 5 heteroatoms. The molecule has 0 radical (unpaired) electrons. The zero-order valence-corrected chi connectivity index (χ0v) is 13.7. The van der Waals surface area contributed by atoms with Crippen LogP contribution in [0.4, 0.5) is 0 Å². The molecule has 1 aliphatic rings. The van der Waals surface area contributed by atoms with Crippen LogP contribution >= 0.6 is 11.3 Å². The summed E-state index contributed by atoms with van der Waals surface area (Å²) in [6.45, 7) is 1.96. The van der Waals surface area contributed by atoms with Crippen molar-refractivity contribution in [1.29, 1.82) is 0 Å². The quantitative estimate of drug-likeness (QED) is 0.825. The van der Waals surface area contributed by atoms with Gasteiger partial charge >= 0.3 is 0 Å². The third-order valence-corrected chi connectivity index (χ3v) is 5.46. The second-order valence-electron chi connectivity index (χ2n) is 6.33. The van der Waals surface area contributed by atoms with E-state index in [-0.39, 0.29) is 12.5 Å². The van der Waals surface area contributed by atoms with Crippen molar-refractivity contribution in [1.82, 2.24) is 10.3 Å². The van der Waals surface area contributed by atoms with E-state index in [0.29, 0.717) is 12.3 Å². The van der Waals surface area contributed by atoms with Crippen LogP contribution in [0.2, 0.25) is 0 Å². The average Bonchev–Trinajstić information content (AvgIpc) is 3.28. The standard InChI is InChI=1S/C17H22N2O2S/c1-17(11-20,12-9-10-12)19-15(21)7-4-8-16-18-13-5-2-3-6-14(13)22-16/h2-3,5-6,12,20H,4,7-11H2,1H3,(H,19,21). The van der Waals surface area contributed by atoms with Crippen LogP contribution in [0.15, 0.2) is 24.3 Å². The minimum atomic E-state index is -0.438. The van der Waals surface area contributed by atoms with Crippen LogP contribution in [-0.2, 0) is 11.2 Å². The number of para-hydroxylation sites is 1. The summed E-state index contributed by atoms with van der Waals surface area (Å²) in [4.78, 5) is 16.7. The molecule has 1 aromatic carbocycles. The number of aliphatic hydroxyl groups is 1. The molecule has 3 rings (SSSR count). The van der Waals surface area contributed by atoms with E-state index >= 15 is 0 Å². The molecule has 118 valence electrons. The Hall–Kier alpha value is -1.46. The van der Waals surface area contributed by atoms with E-state index in [4.69, 9.17) is 0 Å². The topological polar surface area (TPSA) is 62.2 Å². The van der Waals surface area contributed by atoms with Crippen molar-refractivity contribution in [3.8, 4) is 0 Å². The highest BCUT2D eigenvalue weighted by Gasteiger charge is 2.41. The fourth-order valence-corrected chi connectivity index (χ4v) is 3.81. The first-order valence-electron chi connectivity index (χ1n) is 7.87. The Morgan fingerprint density at radius 1 is 1.45 bits per heavy atom. The molecule has 0 saturated heterocycles. The van der Waals surface area contributed by atoms with Crippen LogP contribution in [0.3, 0.4) is 0 Å². The Kier molecular flexibility index (Phi) is 4.45. The fraction of sp³-hybridized carbons (Fsp3) is 0.529. The van der Waals surface area contributed by atoms with E-state index in [1.54, 1.807) is 11.3 Å². The first-order valence-corrected chi connectivity index (χ1v) is 8.69. The van der Waals surface area contributed by atoms with Gasteiger partial charge in [0.25, 0.3) is 0 Å². The molecule has 1 heterocycles. The molecule has 1 saturated carbocycles. The zero-order valence-electron chi connectivity index (χ0n) is 12.8. The first kappa shape index (κ1) is 15.4. The van der Waals surface area contributed by atoms with E-state index in [1.165, 1.54) is 4.70 Å². The van der Waals surface area contributed by atoms with Gasteiger partial charge in [0, 0.05) is 6.42 Å². The van der Waals surface area contributed by atoms with Crippen molar-refractivity contribution in [2.24, 2.45) is 5.92 Å². The van der Waals surface area contributed by atoms with Gasteiger partial charge in [0.15, 0.2) is 0 Å². The molecule has 0 bridgehead atoms. The van der Waals surface area contributed by atoms with Gasteiger partial charge in [-0.3, -0.25) is 4.79 Å². The molecule has 1 atom stereocenters. The molecule has 4 nitrogen and oxygen atoms in total. The van der Waals surface area contributed by atoms with Crippen LogP contribution in [0, 0.1) is 5.92 Å². The number of nitrogens with one attached hydrogen (secondary N) is 1. The molecule has 1 unspecified atom stereocenters. The van der Waals surface area contributed by atoms with Crippen molar-refractivity contribution < 1.29 is 9.90 Å². The van der Waals surface area contributed by atoms with E-state index < -0.39 is 5.54 Å². The van der Waals surface area contributed by atoms with Gasteiger partial charge in [-0.15, -0.1) is 11.3 Å². The molecule has 2 N–H and O–H groups in total. The van der Waals surface area contributed by atoms with Crippen molar-refractivity contribution >= 4 is 27.5 Å². The Morgan fingerprint density at radius 2 is 2.23 bits per heavy atom. The predicted molar refractivity (Wildman–Crippen MR) is 88.9 cm³/mol. The Labute approximate surface area is 134 Å². The normalized spacial score (nSPS) is 17.4. The van der Waals surface area contributed by atoms with Gasteiger partial charge in [0.05, 0.1) is 27.4 Å². The molecular formula is C17H22N2O2S. The SMILES string of the molecule is CC(CO)(NC(=O)CCCc1nc2ccccc2s1)C1CC1. The number of aryl methyl sites for hydroxylation is 1. The molecule has 1 aromatic heterocycles. The summed E-state index contributed by atoms with van der Waals surface area (Å²) in [5.74, 6) is 0.468. The molecule has 0 spiro atoms. The summed E-state index contributed by atoms with van der Waals surface area (Å²) in [6.07, 6.45) is 4.30. The maximum absolute atomic E-state index is 12.1. The van der Waals surface area contributed by atoms with Gasteiger partial charge in [-0.25, -0.2) is 4.98 Å². The molecular weight excluding hydrogens is 296 g/mol. The van der Waals surface area contributed by atoms with E-state index in [2.05, 4.69) is 16.4 Å². The highest BCUT2D eigenvalue weighted by Crippen LogP contribution is 2.39. The third kappa shape index (κ3) is 3.47. The minimum absolute atomic E-state index is 0.0152. The summed E-state index contributed by atoms with van der Waals surface area (Å²) in [5, 5.41) is 13.6. The number of hydrogen-bond acceptors (Lipinski definition) is 4. The average molecular weight is 318 g/mol. The summed E-state index contributed by atoms with van der Waals surface area (Å²) in [5.41, 5.74) is 0.598. The summed E-state index contributed by atoms with van der Waals surface area (Å²) < 4.78 is 1.20. The van der Waals surface area contributed by atoms with Crippen LogP contribution in [0.25, 0.3) is 10.2 Å². The Morgan fingerprint density at radius 3 is 2.91 bits per heavy atom. The van der Waals surface area contributed by atoms with E-state index in [9.17, 15) is 9.90 Å². The number of fused-ring (bicyclic) bond motifs is 1. The summed E-state index contributed by atoms with van der Waals surface area (Å²) >= 11 is 1.70. The number of hydrogen-bond donors (Lipinski definition) is 2. The summed E-state index contributed by atoms with van der Waals surface area (Å²) in [7, 11) is 0. The molecule has 1 aliphatic carbocycles. The second-order valence-corrected chi connectivity index (χ2v) is 7.44. The monoisotopic (exact) mass is 318 g/mol. The maximum atomic E-state index is 12.1. The number of carbonyl (C=O) groups excluding carboxylic acids is 1. The second kappa shape index (κ2) is 6.34. The molecule has 1 amide bonds. The van der Waals surface area contributed by atoms with Gasteiger partial charge in [-0.05, 0) is 50.7 Å². The number of aliphatic hydroxyl groups excluding tert-OH is 1. The number of rotatable bonds is 7. The van der Waals surface area contributed by atoms with Crippen LogP contribution < -0.4 is 5.32 Å². The van der Waals surface area contributed by atoms with Crippen molar-refractivity contribution in [2.75, 3.05) is 6.61 Å². The molecule has 0 aliphatic heterocycles. The highest BCUT2D eigenvalue weighted by atomic mass is 32.1. The maximum Gasteiger partial charge on any atom is 0.220 e. The van der Waals surface area contributed by atoms with Gasteiger partial charge in [-0.1, -0.05) is 12.1 Å². The van der Waals surface area contributed by atoms with E-state index in [1.807, 2.05) is 25.1 Å². The third-order valence-electron chi connectivity index (χ3n) is 4.36. The lowest BCUT2D eigenvalue weighted by Crippen LogP contribution is -2.50. The van der Waals surface area contributed by atoms with Crippen LogP contribution in [0.5, 0.6) is 0 Å². The number of thiazole rings is 1. The zero-order chi connectivity index (χ0) is 15.6. The van der Waals surface area contributed by atoms with Crippen molar-refractivity contribution in [2.45, 2.75) is 44.6 Å². The van der Waals surface area contributed by atoms with Gasteiger partial charge in [0.1, 0.15) is 0 Å². The predicted octanol–water partition coefficient (Wildman–Crippen LogP) is 2.90. The lowest BCUT2D eigenvalue weighted by molar-refractivity contribution is -0.123. The van der Waals surface area contributed by atoms with Gasteiger partial charge in [-0.2, -0.15) is 0 Å². The molecule has 1 fully saturated rings. The van der Waals surface area contributed by atoms with Crippen molar-refractivity contribution in [3.63, 3.8) is 0 Å². The Balaban J connectivity index is 1.49. The van der Waals surface area contributed by atoms with Crippen molar-refractivity contribution in [3.05, 3.63) is 29.3 Å². The lowest BCUT2D eigenvalue weighted by Gasteiger charge is -2.28. The number of benzene rings is 1. The minimum Gasteiger partial charge on any atom is -0.394 e. The lowest BCUT2D eigenvalue weighted by atomic mass is 9.96. The summed E-state index contributed by atoms with van der Waals surface area (Å²) in [6, 6.07) is 8.11. The number of aromatic nitrogens is 1. The highest BCUT2D eigenvalue weighted by molar-refractivity contribution is 7.18. The van der Waals surface area contributed by atoms with Gasteiger partial charge < -0.3 is 10.4 Å². The number of nitrogens with zero attached hydrogens (tertiary/aromatic N) is 1. The van der Waals surface area contributed by atoms with E-state index in [0.717, 1.165) is 36.2 Å². The Bertz CT molecular complexity index is 632. The number of amides is 1. The van der Waals surface area contributed by atoms with Gasteiger partial charge in [0.2, 0.25) is 5.91 Å². The van der Waals surface area contributed by atoms with Crippen LogP contribution in [0.1, 0.15) is 37.6 Å².